The average molecular weight is 319 g/mol. The largest absolute Gasteiger partial charge is 0.465 e. The Kier molecular flexibility index (Phi) is 4.68. The van der Waals surface area contributed by atoms with Gasteiger partial charge in [0.15, 0.2) is 0 Å². The van der Waals surface area contributed by atoms with Crippen LogP contribution in [-0.4, -0.2) is 11.8 Å². The summed E-state index contributed by atoms with van der Waals surface area (Å²) in [5, 5.41) is 3.05. The highest BCUT2D eigenvalue weighted by molar-refractivity contribution is 6.30. The van der Waals surface area contributed by atoms with E-state index in [1.165, 1.54) is 25.3 Å². The zero-order valence-corrected chi connectivity index (χ0v) is 12.6. The van der Waals surface area contributed by atoms with E-state index in [0.29, 0.717) is 16.3 Å². The standard InChI is InChI=1S/C16H15ClN2O3/c1-16(15(18)21,11-4-2-5-12(17)10-11)19-14(20)8-7-13-6-3-9-22-13/h2-10H,1H3,(H2,18,21)(H,19,20). The molecular formula is C16H15ClN2O3. The minimum absolute atomic E-state index is 0.449. The lowest BCUT2D eigenvalue weighted by Gasteiger charge is -2.27. The van der Waals surface area contributed by atoms with Crippen molar-refractivity contribution in [2.24, 2.45) is 5.73 Å². The van der Waals surface area contributed by atoms with Crippen molar-refractivity contribution in [3.8, 4) is 0 Å². The van der Waals surface area contributed by atoms with Gasteiger partial charge in [0.05, 0.1) is 6.26 Å². The van der Waals surface area contributed by atoms with Gasteiger partial charge in [0.25, 0.3) is 0 Å². The monoisotopic (exact) mass is 318 g/mol. The number of rotatable bonds is 5. The van der Waals surface area contributed by atoms with Crippen molar-refractivity contribution in [1.29, 1.82) is 0 Å². The van der Waals surface area contributed by atoms with Gasteiger partial charge in [0.2, 0.25) is 11.8 Å². The summed E-state index contributed by atoms with van der Waals surface area (Å²) in [6.45, 7) is 1.53. The molecule has 0 aliphatic carbocycles. The number of nitrogens with one attached hydrogen (secondary N) is 1. The van der Waals surface area contributed by atoms with Crippen molar-refractivity contribution in [2.45, 2.75) is 12.5 Å². The van der Waals surface area contributed by atoms with Gasteiger partial charge in [0, 0.05) is 11.1 Å². The molecule has 1 aromatic carbocycles. The lowest BCUT2D eigenvalue weighted by Crippen LogP contribution is -2.52. The maximum Gasteiger partial charge on any atom is 0.247 e. The minimum Gasteiger partial charge on any atom is -0.465 e. The molecule has 2 aromatic rings. The molecule has 0 spiro atoms. The molecule has 1 aromatic heterocycles. The van der Waals surface area contributed by atoms with Gasteiger partial charge in [-0.05, 0) is 42.8 Å². The van der Waals surface area contributed by atoms with Crippen molar-refractivity contribution in [3.05, 3.63) is 65.1 Å². The number of carbonyl (C=O) groups is 2. The number of amides is 2. The van der Waals surface area contributed by atoms with Crippen LogP contribution in [0.3, 0.4) is 0 Å². The molecule has 0 bridgehead atoms. The Morgan fingerprint density at radius 2 is 2.09 bits per heavy atom. The molecular weight excluding hydrogens is 304 g/mol. The molecule has 0 aliphatic heterocycles. The predicted molar refractivity (Wildman–Crippen MR) is 83.9 cm³/mol. The van der Waals surface area contributed by atoms with Gasteiger partial charge in [-0.2, -0.15) is 0 Å². The third-order valence-corrected chi connectivity index (χ3v) is 3.45. The first-order valence-electron chi connectivity index (χ1n) is 6.51. The Labute approximate surface area is 132 Å². The molecule has 0 saturated heterocycles. The van der Waals surface area contributed by atoms with Crippen LogP contribution in [0.4, 0.5) is 0 Å². The molecule has 1 atom stereocenters. The number of benzene rings is 1. The second kappa shape index (κ2) is 6.49. The molecule has 2 rings (SSSR count). The topological polar surface area (TPSA) is 85.3 Å². The van der Waals surface area contributed by atoms with Gasteiger partial charge in [-0.3, -0.25) is 9.59 Å². The Hall–Kier alpha value is -2.53. The first-order chi connectivity index (χ1) is 10.4. The zero-order valence-electron chi connectivity index (χ0n) is 11.9. The maximum absolute atomic E-state index is 12.0. The normalized spacial score (nSPS) is 13.7. The number of furan rings is 1. The van der Waals surface area contributed by atoms with E-state index in [1.807, 2.05) is 0 Å². The summed E-state index contributed by atoms with van der Waals surface area (Å²) in [6.07, 6.45) is 4.26. The summed E-state index contributed by atoms with van der Waals surface area (Å²) in [5.74, 6) is -0.633. The third kappa shape index (κ3) is 3.56. The maximum atomic E-state index is 12.0. The summed E-state index contributed by atoms with van der Waals surface area (Å²) >= 11 is 5.93. The van der Waals surface area contributed by atoms with Crippen LogP contribution in [0.15, 0.2) is 53.2 Å². The molecule has 6 heteroatoms. The number of carbonyl (C=O) groups excluding carboxylic acids is 2. The summed E-state index contributed by atoms with van der Waals surface area (Å²) in [5.41, 5.74) is 4.59. The number of hydrogen-bond donors (Lipinski definition) is 2. The number of nitrogens with two attached hydrogens (primary N) is 1. The van der Waals surface area contributed by atoms with E-state index in [-0.39, 0.29) is 0 Å². The fraction of sp³-hybridized carbons (Fsp3) is 0.125. The van der Waals surface area contributed by atoms with E-state index >= 15 is 0 Å². The van der Waals surface area contributed by atoms with Gasteiger partial charge in [-0.15, -0.1) is 0 Å². The van der Waals surface area contributed by atoms with Crippen molar-refractivity contribution in [3.63, 3.8) is 0 Å². The van der Waals surface area contributed by atoms with E-state index < -0.39 is 17.4 Å². The van der Waals surface area contributed by atoms with Gasteiger partial charge >= 0.3 is 0 Å². The molecule has 22 heavy (non-hydrogen) atoms. The van der Waals surface area contributed by atoms with Gasteiger partial charge in [-0.1, -0.05) is 23.7 Å². The average Bonchev–Trinajstić information content (AvgIpc) is 2.98. The van der Waals surface area contributed by atoms with Crippen LogP contribution in [0.1, 0.15) is 18.2 Å². The SMILES string of the molecule is CC(NC(=O)C=Cc1ccco1)(C(N)=O)c1cccc(Cl)c1. The van der Waals surface area contributed by atoms with E-state index in [2.05, 4.69) is 5.32 Å². The van der Waals surface area contributed by atoms with E-state index in [1.54, 1.807) is 36.4 Å². The van der Waals surface area contributed by atoms with E-state index in [9.17, 15) is 9.59 Å². The highest BCUT2D eigenvalue weighted by atomic mass is 35.5. The molecule has 5 nitrogen and oxygen atoms in total. The van der Waals surface area contributed by atoms with Crippen molar-refractivity contribution in [1.82, 2.24) is 5.32 Å². The Morgan fingerprint density at radius 1 is 1.32 bits per heavy atom. The van der Waals surface area contributed by atoms with Crippen molar-refractivity contribution >= 4 is 29.5 Å². The lowest BCUT2D eigenvalue weighted by atomic mass is 9.91. The van der Waals surface area contributed by atoms with E-state index in [4.69, 9.17) is 21.8 Å². The fourth-order valence-electron chi connectivity index (χ4n) is 1.91. The Bertz CT molecular complexity index is 710. The number of hydrogen-bond acceptors (Lipinski definition) is 3. The van der Waals surface area contributed by atoms with Gasteiger partial charge in [0.1, 0.15) is 11.3 Å². The van der Waals surface area contributed by atoms with Crippen LogP contribution in [0.5, 0.6) is 0 Å². The second-order valence-corrected chi connectivity index (χ2v) is 5.27. The molecule has 0 fully saturated rings. The number of halogens is 1. The summed E-state index contributed by atoms with van der Waals surface area (Å²) in [6, 6.07) is 10.0. The quantitative estimate of drug-likeness (QED) is 0.830. The summed E-state index contributed by atoms with van der Waals surface area (Å²) < 4.78 is 5.09. The molecule has 3 N–H and O–H groups in total. The van der Waals surface area contributed by atoms with Crippen LogP contribution in [0.2, 0.25) is 5.02 Å². The smallest absolute Gasteiger partial charge is 0.247 e. The van der Waals surface area contributed by atoms with Crippen molar-refractivity contribution < 1.29 is 14.0 Å². The number of primary amides is 1. The zero-order chi connectivity index (χ0) is 16.2. The summed E-state index contributed by atoms with van der Waals surface area (Å²) in [4.78, 5) is 23.9. The molecule has 0 saturated carbocycles. The van der Waals surface area contributed by atoms with E-state index in [0.717, 1.165) is 0 Å². The highest BCUT2D eigenvalue weighted by Gasteiger charge is 2.34. The van der Waals surface area contributed by atoms with Crippen molar-refractivity contribution in [2.75, 3.05) is 0 Å². The van der Waals surface area contributed by atoms with Crippen LogP contribution in [0.25, 0.3) is 6.08 Å². The molecule has 114 valence electrons. The van der Waals surface area contributed by atoms with Gasteiger partial charge in [-0.25, -0.2) is 0 Å². The van der Waals surface area contributed by atoms with Gasteiger partial charge < -0.3 is 15.5 Å². The molecule has 1 unspecified atom stereocenters. The molecule has 0 aliphatic rings. The van der Waals surface area contributed by atoms with Crippen LogP contribution in [0, 0.1) is 0 Å². The van der Waals surface area contributed by atoms with Crippen LogP contribution >= 0.6 is 11.6 Å². The minimum atomic E-state index is -1.37. The third-order valence-electron chi connectivity index (χ3n) is 3.21. The highest BCUT2D eigenvalue weighted by Crippen LogP contribution is 2.23. The Balaban J connectivity index is 2.21. The summed E-state index contributed by atoms with van der Waals surface area (Å²) in [7, 11) is 0. The lowest BCUT2D eigenvalue weighted by molar-refractivity contribution is -0.129. The second-order valence-electron chi connectivity index (χ2n) is 4.84. The molecule has 1 heterocycles. The first kappa shape index (κ1) is 15.9. The van der Waals surface area contributed by atoms with Crippen LogP contribution < -0.4 is 11.1 Å². The Morgan fingerprint density at radius 3 is 2.68 bits per heavy atom. The van der Waals surface area contributed by atoms with Crippen LogP contribution in [-0.2, 0) is 15.1 Å². The fourth-order valence-corrected chi connectivity index (χ4v) is 2.10. The first-order valence-corrected chi connectivity index (χ1v) is 6.89. The molecule has 0 radical (unpaired) electrons. The molecule has 2 amide bonds. The predicted octanol–water partition coefficient (Wildman–Crippen LogP) is 2.46.